The standard InChI is InChI=1S/C22H33N3O2/c1-2-23-15-18-9-5-6-10-20(18)25-22(27)17-11-13-19(14-12-17)24-21(26)16-7-3-4-8-16/h5-6,9-10,16-17,19,23H,2-4,7-8,11-15H2,1H3,(H,24,26)(H,25,27). The molecule has 2 aliphatic rings. The van der Waals surface area contributed by atoms with Gasteiger partial charge in [0.1, 0.15) is 0 Å². The summed E-state index contributed by atoms with van der Waals surface area (Å²) in [6.07, 6.45) is 7.92. The number of carbonyl (C=O) groups is 2. The summed E-state index contributed by atoms with van der Waals surface area (Å²) in [5.41, 5.74) is 2.02. The van der Waals surface area contributed by atoms with Crippen LogP contribution >= 0.6 is 0 Å². The summed E-state index contributed by atoms with van der Waals surface area (Å²) >= 11 is 0. The third-order valence-corrected chi connectivity index (χ3v) is 6.01. The predicted octanol–water partition coefficient (Wildman–Crippen LogP) is 3.60. The summed E-state index contributed by atoms with van der Waals surface area (Å²) in [5, 5.41) is 9.66. The van der Waals surface area contributed by atoms with Gasteiger partial charge in [-0.3, -0.25) is 9.59 Å². The van der Waals surface area contributed by atoms with Crippen molar-refractivity contribution in [1.82, 2.24) is 10.6 Å². The molecular weight excluding hydrogens is 338 g/mol. The lowest BCUT2D eigenvalue weighted by molar-refractivity contribution is -0.125. The predicted molar refractivity (Wildman–Crippen MR) is 108 cm³/mol. The first-order valence-corrected chi connectivity index (χ1v) is 10.6. The Morgan fingerprint density at radius 2 is 1.59 bits per heavy atom. The van der Waals surface area contributed by atoms with Crippen LogP contribution in [0.15, 0.2) is 24.3 Å². The number of rotatable bonds is 7. The van der Waals surface area contributed by atoms with Gasteiger partial charge in [-0.1, -0.05) is 38.0 Å². The van der Waals surface area contributed by atoms with Gasteiger partial charge in [-0.05, 0) is 56.7 Å². The lowest BCUT2D eigenvalue weighted by Gasteiger charge is -2.29. The third-order valence-electron chi connectivity index (χ3n) is 6.01. The normalized spacial score (nSPS) is 23.1. The van der Waals surface area contributed by atoms with E-state index in [1.54, 1.807) is 0 Å². The molecule has 1 aromatic rings. The highest BCUT2D eigenvalue weighted by Crippen LogP contribution is 2.28. The lowest BCUT2D eigenvalue weighted by atomic mass is 9.85. The van der Waals surface area contributed by atoms with Crippen LogP contribution in [0.2, 0.25) is 0 Å². The number of amides is 2. The van der Waals surface area contributed by atoms with E-state index < -0.39 is 0 Å². The summed E-state index contributed by atoms with van der Waals surface area (Å²) in [4.78, 5) is 25.0. The van der Waals surface area contributed by atoms with Gasteiger partial charge in [-0.15, -0.1) is 0 Å². The number of hydrogen-bond acceptors (Lipinski definition) is 3. The molecule has 3 rings (SSSR count). The average Bonchev–Trinajstić information content (AvgIpc) is 3.23. The van der Waals surface area contributed by atoms with Crippen LogP contribution in [-0.2, 0) is 16.1 Å². The number of benzene rings is 1. The molecule has 0 aliphatic heterocycles. The van der Waals surface area contributed by atoms with Crippen LogP contribution < -0.4 is 16.0 Å². The fourth-order valence-electron chi connectivity index (χ4n) is 4.30. The molecule has 0 saturated heterocycles. The van der Waals surface area contributed by atoms with E-state index in [2.05, 4.69) is 22.9 Å². The Morgan fingerprint density at radius 3 is 2.30 bits per heavy atom. The van der Waals surface area contributed by atoms with Gasteiger partial charge in [0.15, 0.2) is 0 Å². The topological polar surface area (TPSA) is 70.2 Å². The van der Waals surface area contributed by atoms with Gasteiger partial charge >= 0.3 is 0 Å². The van der Waals surface area contributed by atoms with Crippen molar-refractivity contribution in [2.45, 2.75) is 70.9 Å². The van der Waals surface area contributed by atoms with E-state index in [1.807, 2.05) is 24.3 Å². The second-order valence-electron chi connectivity index (χ2n) is 7.97. The molecule has 2 aliphatic carbocycles. The summed E-state index contributed by atoms with van der Waals surface area (Å²) in [5.74, 6) is 0.605. The molecule has 27 heavy (non-hydrogen) atoms. The minimum absolute atomic E-state index is 0.0387. The maximum absolute atomic E-state index is 12.7. The second-order valence-corrected chi connectivity index (χ2v) is 7.97. The van der Waals surface area contributed by atoms with Crippen molar-refractivity contribution in [3.8, 4) is 0 Å². The Morgan fingerprint density at radius 1 is 0.926 bits per heavy atom. The summed E-state index contributed by atoms with van der Waals surface area (Å²) < 4.78 is 0. The monoisotopic (exact) mass is 371 g/mol. The smallest absolute Gasteiger partial charge is 0.227 e. The number of nitrogens with one attached hydrogen (secondary N) is 3. The fourth-order valence-corrected chi connectivity index (χ4v) is 4.30. The molecule has 2 amide bonds. The Hall–Kier alpha value is -1.88. The maximum Gasteiger partial charge on any atom is 0.227 e. The average molecular weight is 372 g/mol. The first-order chi connectivity index (χ1) is 13.2. The first kappa shape index (κ1) is 19.9. The van der Waals surface area contributed by atoms with E-state index in [4.69, 9.17) is 0 Å². The molecule has 0 atom stereocenters. The molecule has 0 unspecified atom stereocenters. The minimum Gasteiger partial charge on any atom is -0.353 e. The highest BCUT2D eigenvalue weighted by molar-refractivity contribution is 5.93. The SMILES string of the molecule is CCNCc1ccccc1NC(=O)C1CCC(NC(=O)C2CCCC2)CC1. The van der Waals surface area contributed by atoms with Crippen LogP contribution in [0.5, 0.6) is 0 Å². The Kier molecular flexibility index (Phi) is 7.27. The Labute approximate surface area is 162 Å². The number of anilines is 1. The molecule has 5 heteroatoms. The van der Waals surface area contributed by atoms with Gasteiger partial charge in [0.05, 0.1) is 0 Å². The van der Waals surface area contributed by atoms with Crippen molar-refractivity contribution in [1.29, 1.82) is 0 Å². The van der Waals surface area contributed by atoms with Gasteiger partial charge < -0.3 is 16.0 Å². The van der Waals surface area contributed by atoms with E-state index >= 15 is 0 Å². The molecule has 148 valence electrons. The van der Waals surface area contributed by atoms with Crippen molar-refractivity contribution in [2.24, 2.45) is 11.8 Å². The zero-order chi connectivity index (χ0) is 19.1. The highest BCUT2D eigenvalue weighted by Gasteiger charge is 2.29. The third kappa shape index (κ3) is 5.55. The van der Waals surface area contributed by atoms with Gasteiger partial charge in [-0.25, -0.2) is 0 Å². The largest absolute Gasteiger partial charge is 0.353 e. The number of para-hydroxylation sites is 1. The van der Waals surface area contributed by atoms with E-state index in [-0.39, 0.29) is 29.7 Å². The van der Waals surface area contributed by atoms with E-state index in [9.17, 15) is 9.59 Å². The number of carbonyl (C=O) groups excluding carboxylic acids is 2. The van der Waals surface area contributed by atoms with Gasteiger partial charge in [0.2, 0.25) is 11.8 Å². The Balaban J connectivity index is 1.46. The quantitative estimate of drug-likeness (QED) is 0.686. The van der Waals surface area contributed by atoms with Gasteiger partial charge in [0.25, 0.3) is 0 Å². The van der Waals surface area contributed by atoms with Crippen molar-refractivity contribution >= 4 is 17.5 Å². The molecule has 5 nitrogen and oxygen atoms in total. The van der Waals surface area contributed by atoms with E-state index in [0.717, 1.165) is 62.9 Å². The molecule has 0 bridgehead atoms. The van der Waals surface area contributed by atoms with Crippen LogP contribution in [0.3, 0.4) is 0 Å². The molecule has 0 aromatic heterocycles. The first-order valence-electron chi connectivity index (χ1n) is 10.6. The zero-order valence-electron chi connectivity index (χ0n) is 16.4. The van der Waals surface area contributed by atoms with Gasteiger partial charge in [0, 0.05) is 30.1 Å². The van der Waals surface area contributed by atoms with Crippen LogP contribution in [0.1, 0.15) is 63.9 Å². The zero-order valence-corrected chi connectivity index (χ0v) is 16.4. The summed E-state index contributed by atoms with van der Waals surface area (Å²) in [6, 6.07) is 8.22. The van der Waals surface area contributed by atoms with Gasteiger partial charge in [-0.2, -0.15) is 0 Å². The summed E-state index contributed by atoms with van der Waals surface area (Å²) in [7, 11) is 0. The second kappa shape index (κ2) is 9.88. The molecule has 0 radical (unpaired) electrons. The van der Waals surface area contributed by atoms with Crippen LogP contribution in [0.25, 0.3) is 0 Å². The highest BCUT2D eigenvalue weighted by atomic mass is 16.2. The summed E-state index contributed by atoms with van der Waals surface area (Å²) in [6.45, 7) is 3.73. The minimum atomic E-state index is 0.0387. The van der Waals surface area contributed by atoms with Crippen molar-refractivity contribution in [2.75, 3.05) is 11.9 Å². The molecule has 0 heterocycles. The van der Waals surface area contributed by atoms with E-state index in [0.29, 0.717) is 0 Å². The van der Waals surface area contributed by atoms with E-state index in [1.165, 1.54) is 12.8 Å². The van der Waals surface area contributed by atoms with Crippen molar-refractivity contribution in [3.05, 3.63) is 29.8 Å². The lowest BCUT2D eigenvalue weighted by Crippen LogP contribution is -2.41. The molecule has 2 fully saturated rings. The maximum atomic E-state index is 12.7. The fraction of sp³-hybridized carbons (Fsp3) is 0.636. The van der Waals surface area contributed by atoms with Crippen LogP contribution in [-0.4, -0.2) is 24.4 Å². The molecule has 3 N–H and O–H groups in total. The molecule has 0 spiro atoms. The van der Waals surface area contributed by atoms with Crippen LogP contribution in [0.4, 0.5) is 5.69 Å². The Bertz CT molecular complexity index is 632. The van der Waals surface area contributed by atoms with Crippen molar-refractivity contribution < 1.29 is 9.59 Å². The molecule has 1 aromatic carbocycles. The molecular formula is C22H33N3O2. The molecule has 2 saturated carbocycles. The van der Waals surface area contributed by atoms with Crippen LogP contribution in [0, 0.1) is 11.8 Å². The van der Waals surface area contributed by atoms with Crippen molar-refractivity contribution in [3.63, 3.8) is 0 Å². The number of hydrogen-bond donors (Lipinski definition) is 3.